The third kappa shape index (κ3) is 0.971. The molecule has 0 saturated heterocycles. The molecule has 66 valence electrons. The Morgan fingerprint density at radius 1 is 1.46 bits per heavy atom. The van der Waals surface area contributed by atoms with Crippen LogP contribution in [0.2, 0.25) is 5.02 Å². The van der Waals surface area contributed by atoms with Gasteiger partial charge >= 0.3 is 0 Å². The zero-order valence-electron chi connectivity index (χ0n) is 9.37. The first-order valence-electron chi connectivity index (χ1n) is 5.01. The van der Waals surface area contributed by atoms with E-state index in [0.717, 1.165) is 0 Å². The van der Waals surface area contributed by atoms with Crippen molar-refractivity contribution in [3.63, 3.8) is 0 Å². The summed E-state index contributed by atoms with van der Waals surface area (Å²) in [6.07, 6.45) is 0. The van der Waals surface area contributed by atoms with Gasteiger partial charge in [-0.3, -0.25) is 9.59 Å². The van der Waals surface area contributed by atoms with Gasteiger partial charge in [0.2, 0.25) is 0 Å². The lowest BCUT2D eigenvalue weighted by Gasteiger charge is -2.09. The Labute approximate surface area is 84.1 Å². The minimum absolute atomic E-state index is 0.0285. The average molecular weight is 199 g/mol. The van der Waals surface area contributed by atoms with Crippen LogP contribution >= 0.6 is 11.6 Å². The molecular weight excluding hydrogens is 190 g/mol. The fraction of sp³-hybridized carbons (Fsp3) is 0.111. The molecule has 1 aliphatic heterocycles. The summed E-state index contributed by atoms with van der Waals surface area (Å²) in [5, 5.41) is 0.0767. The summed E-state index contributed by atoms with van der Waals surface area (Å²) in [4.78, 5) is 23.5. The zero-order valence-corrected chi connectivity index (χ0v) is 7.13. The van der Waals surface area contributed by atoms with Crippen LogP contribution in [-0.4, -0.2) is 18.7 Å². The Morgan fingerprint density at radius 2 is 2.23 bits per heavy atom. The molecule has 1 aliphatic rings. The molecule has 0 radical (unpaired) electrons. The number of hydrogen-bond acceptors (Lipinski definition) is 2. The van der Waals surface area contributed by atoms with E-state index in [2.05, 4.69) is 0 Å². The van der Waals surface area contributed by atoms with Crippen molar-refractivity contribution in [2.75, 3.05) is 11.9 Å². The highest BCUT2D eigenvalue weighted by Crippen LogP contribution is 2.34. The monoisotopic (exact) mass is 198 g/mol. The topological polar surface area (TPSA) is 37.4 Å². The van der Waals surface area contributed by atoms with E-state index in [1.165, 1.54) is 18.2 Å². The molecule has 1 heterocycles. The van der Waals surface area contributed by atoms with Crippen LogP contribution in [0.15, 0.2) is 18.2 Å². The van der Waals surface area contributed by atoms with Gasteiger partial charge in [-0.05, 0) is 12.1 Å². The standard InChI is InChI=1S/C9H6ClNO2/c1-11-7-5(8(12)9(11)13)3-2-4-6(7)10/h2-4H,1H3/i1D3. The van der Waals surface area contributed by atoms with E-state index in [1.54, 1.807) is 0 Å². The SMILES string of the molecule is [2H]C([2H])([2H])N1C(=O)C(=O)c2cccc(Cl)c21. The first-order valence-corrected chi connectivity index (χ1v) is 3.89. The predicted octanol–water partition coefficient (Wildman–Crippen LogP) is 1.50. The van der Waals surface area contributed by atoms with Gasteiger partial charge in [0.05, 0.1) is 16.3 Å². The van der Waals surface area contributed by atoms with E-state index in [-0.39, 0.29) is 16.3 Å². The minimum atomic E-state index is -2.71. The van der Waals surface area contributed by atoms with Crippen LogP contribution in [0.4, 0.5) is 5.69 Å². The van der Waals surface area contributed by atoms with Crippen molar-refractivity contribution < 1.29 is 13.7 Å². The van der Waals surface area contributed by atoms with Crippen LogP contribution in [0.25, 0.3) is 0 Å². The predicted molar refractivity (Wildman–Crippen MR) is 49.2 cm³/mol. The number of para-hydroxylation sites is 1. The van der Waals surface area contributed by atoms with Crippen LogP contribution in [0.3, 0.4) is 0 Å². The summed E-state index contributed by atoms with van der Waals surface area (Å²) in [6, 6.07) is 4.31. The average Bonchev–Trinajstić information content (AvgIpc) is 2.42. The molecule has 0 saturated carbocycles. The number of amides is 1. The molecule has 0 unspecified atom stereocenters. The normalized spacial score (nSPS) is 19.5. The lowest BCUT2D eigenvalue weighted by molar-refractivity contribution is -0.114. The highest BCUT2D eigenvalue weighted by molar-refractivity contribution is 6.54. The number of hydrogen-bond donors (Lipinski definition) is 0. The molecule has 0 bridgehead atoms. The zero-order chi connectivity index (χ0) is 12.1. The van der Waals surface area contributed by atoms with Crippen molar-refractivity contribution in [3.8, 4) is 0 Å². The quantitative estimate of drug-likeness (QED) is 0.593. The van der Waals surface area contributed by atoms with Gasteiger partial charge < -0.3 is 4.90 Å². The maximum absolute atomic E-state index is 11.5. The summed E-state index contributed by atoms with van der Waals surface area (Å²) in [5.41, 5.74) is 0.00721. The number of benzene rings is 1. The molecule has 0 aliphatic carbocycles. The number of nitrogens with zero attached hydrogens (tertiary/aromatic N) is 1. The molecule has 1 amide bonds. The van der Waals surface area contributed by atoms with Crippen molar-refractivity contribution in [2.45, 2.75) is 0 Å². The second kappa shape index (κ2) is 2.57. The highest BCUT2D eigenvalue weighted by Gasteiger charge is 2.34. The van der Waals surface area contributed by atoms with E-state index in [4.69, 9.17) is 15.7 Å². The maximum Gasteiger partial charge on any atom is 0.299 e. The number of carbonyl (C=O) groups excluding carboxylic acids is 2. The molecule has 0 atom stereocenters. The Kier molecular flexibility index (Phi) is 1.07. The minimum Gasteiger partial charge on any atom is -0.306 e. The lowest BCUT2D eigenvalue weighted by atomic mass is 10.1. The summed E-state index contributed by atoms with van der Waals surface area (Å²) in [7, 11) is 0. The fourth-order valence-corrected chi connectivity index (χ4v) is 1.50. The van der Waals surface area contributed by atoms with Gasteiger partial charge in [-0.2, -0.15) is 0 Å². The van der Waals surface area contributed by atoms with E-state index in [1.807, 2.05) is 0 Å². The van der Waals surface area contributed by atoms with Crippen LogP contribution < -0.4 is 4.90 Å². The van der Waals surface area contributed by atoms with Gasteiger partial charge in [0.15, 0.2) is 0 Å². The number of carbonyl (C=O) groups is 2. The first kappa shape index (κ1) is 5.40. The van der Waals surface area contributed by atoms with Gasteiger partial charge in [0, 0.05) is 11.1 Å². The molecule has 4 heteroatoms. The van der Waals surface area contributed by atoms with Crippen molar-refractivity contribution in [1.82, 2.24) is 0 Å². The number of anilines is 1. The summed E-state index contributed by atoms with van der Waals surface area (Å²) < 4.78 is 21.6. The van der Waals surface area contributed by atoms with Crippen LogP contribution in [-0.2, 0) is 4.79 Å². The van der Waals surface area contributed by atoms with E-state index in [0.29, 0.717) is 4.90 Å². The fourth-order valence-electron chi connectivity index (χ4n) is 1.24. The van der Waals surface area contributed by atoms with Gasteiger partial charge in [0.1, 0.15) is 0 Å². The molecule has 0 aromatic heterocycles. The van der Waals surface area contributed by atoms with E-state index < -0.39 is 18.7 Å². The number of likely N-dealkylation sites (N-methyl/N-ethyl adjacent to an activating group) is 1. The second-order valence-corrected chi connectivity index (χ2v) is 3.01. The molecule has 2 rings (SSSR count). The molecule has 0 fully saturated rings. The van der Waals surface area contributed by atoms with Gasteiger partial charge in [-0.1, -0.05) is 17.7 Å². The summed E-state index contributed by atoms with van der Waals surface area (Å²) in [5.74, 6) is -1.91. The number of fused-ring (bicyclic) bond motifs is 1. The molecule has 13 heavy (non-hydrogen) atoms. The number of Topliss-reactive ketones (excluding diaryl/α,β-unsaturated/α-hetero) is 1. The van der Waals surface area contributed by atoms with Crippen LogP contribution in [0.1, 0.15) is 14.5 Å². The van der Waals surface area contributed by atoms with Gasteiger partial charge in [-0.25, -0.2) is 0 Å². The third-order valence-corrected chi connectivity index (χ3v) is 2.16. The maximum atomic E-state index is 11.5. The van der Waals surface area contributed by atoms with Crippen molar-refractivity contribution in [2.24, 2.45) is 0 Å². The van der Waals surface area contributed by atoms with E-state index >= 15 is 0 Å². The summed E-state index contributed by atoms with van der Waals surface area (Å²) in [6.45, 7) is -2.71. The molecule has 1 aromatic carbocycles. The van der Waals surface area contributed by atoms with Gasteiger partial charge in [-0.15, -0.1) is 0 Å². The third-order valence-electron chi connectivity index (χ3n) is 1.85. The Bertz CT molecular complexity index is 498. The second-order valence-electron chi connectivity index (χ2n) is 2.61. The molecule has 3 nitrogen and oxygen atoms in total. The number of halogens is 1. The summed E-state index contributed by atoms with van der Waals surface area (Å²) >= 11 is 5.80. The molecular formula is C9H6ClNO2. The van der Waals surface area contributed by atoms with Crippen molar-refractivity contribution in [3.05, 3.63) is 28.8 Å². The largest absolute Gasteiger partial charge is 0.306 e. The highest BCUT2D eigenvalue weighted by atomic mass is 35.5. The van der Waals surface area contributed by atoms with Crippen molar-refractivity contribution >= 4 is 29.0 Å². The molecule has 0 spiro atoms. The van der Waals surface area contributed by atoms with Crippen LogP contribution in [0, 0.1) is 0 Å². The number of rotatable bonds is 0. The Hall–Kier alpha value is -1.35. The first-order chi connectivity index (χ1) is 7.34. The molecule has 0 N–H and O–H groups in total. The van der Waals surface area contributed by atoms with Gasteiger partial charge in [0.25, 0.3) is 11.7 Å². The van der Waals surface area contributed by atoms with Crippen molar-refractivity contribution in [1.29, 1.82) is 0 Å². The van der Waals surface area contributed by atoms with Crippen LogP contribution in [0.5, 0.6) is 0 Å². The lowest BCUT2D eigenvalue weighted by Crippen LogP contribution is -2.24. The smallest absolute Gasteiger partial charge is 0.299 e. The molecule has 1 aromatic rings. The van der Waals surface area contributed by atoms with E-state index in [9.17, 15) is 9.59 Å². The number of ketones is 1. The Morgan fingerprint density at radius 3 is 2.92 bits per heavy atom. The Balaban J connectivity index is 2.70.